The molecule has 0 aliphatic carbocycles. The lowest BCUT2D eigenvalue weighted by molar-refractivity contribution is 0.475. The second kappa shape index (κ2) is 5.79. The first-order valence-corrected chi connectivity index (χ1v) is 6.95. The monoisotopic (exact) mass is 279 g/mol. The van der Waals surface area contributed by atoms with E-state index in [9.17, 15) is 5.11 Å². The Morgan fingerprint density at radius 3 is 2.48 bits per heavy atom. The Hall–Kier alpha value is -2.62. The Morgan fingerprint density at radius 2 is 1.76 bits per heavy atom. The van der Waals surface area contributed by atoms with Gasteiger partial charge in [-0.25, -0.2) is 0 Å². The minimum atomic E-state index is 0.188. The zero-order valence-electron chi connectivity index (χ0n) is 11.8. The molecule has 0 spiro atoms. The maximum Gasteiger partial charge on any atom is 0.137 e. The molecule has 0 aliphatic heterocycles. The molecule has 1 N–H and O–H groups in total. The molecular formula is C17H17N3O. The molecular weight excluding hydrogens is 262 g/mol. The van der Waals surface area contributed by atoms with Gasteiger partial charge >= 0.3 is 0 Å². The van der Waals surface area contributed by atoms with Crippen molar-refractivity contribution in [2.45, 2.75) is 19.4 Å². The predicted octanol–water partition coefficient (Wildman–Crippen LogP) is 3.18. The summed E-state index contributed by atoms with van der Waals surface area (Å²) in [5.41, 5.74) is 2.33. The first-order chi connectivity index (χ1) is 10.2. The van der Waals surface area contributed by atoms with Crippen LogP contribution in [0.5, 0.6) is 5.75 Å². The van der Waals surface area contributed by atoms with E-state index in [0.717, 1.165) is 11.4 Å². The Labute approximate surface area is 123 Å². The maximum atomic E-state index is 9.34. The lowest BCUT2D eigenvalue weighted by atomic mass is 10.1. The summed E-state index contributed by atoms with van der Waals surface area (Å²) in [7, 11) is 0. The molecule has 4 nitrogen and oxygen atoms in total. The molecule has 0 amide bonds. The van der Waals surface area contributed by atoms with Crippen LogP contribution in [0.1, 0.15) is 29.9 Å². The lowest BCUT2D eigenvalue weighted by Crippen LogP contribution is -2.10. The molecule has 0 saturated heterocycles. The highest BCUT2D eigenvalue weighted by molar-refractivity contribution is 5.28. The van der Waals surface area contributed by atoms with Gasteiger partial charge in [0.15, 0.2) is 0 Å². The van der Waals surface area contributed by atoms with E-state index in [1.165, 1.54) is 5.56 Å². The first-order valence-electron chi connectivity index (χ1n) is 6.95. The Balaban J connectivity index is 1.85. The molecule has 0 saturated carbocycles. The third-order valence-corrected chi connectivity index (χ3v) is 3.65. The van der Waals surface area contributed by atoms with Gasteiger partial charge in [-0.1, -0.05) is 42.5 Å². The number of phenols is 1. The van der Waals surface area contributed by atoms with Crippen molar-refractivity contribution < 1.29 is 5.11 Å². The van der Waals surface area contributed by atoms with Crippen molar-refractivity contribution in [2.75, 3.05) is 0 Å². The van der Waals surface area contributed by atoms with Crippen LogP contribution in [0.25, 0.3) is 0 Å². The van der Waals surface area contributed by atoms with Gasteiger partial charge in [0.1, 0.15) is 17.9 Å². The van der Waals surface area contributed by atoms with E-state index in [4.69, 9.17) is 0 Å². The van der Waals surface area contributed by atoms with Gasteiger partial charge in [-0.15, -0.1) is 10.2 Å². The summed E-state index contributed by atoms with van der Waals surface area (Å²) in [5, 5.41) is 17.6. The van der Waals surface area contributed by atoms with Gasteiger partial charge in [0.2, 0.25) is 0 Å². The molecule has 0 aliphatic rings. The average molecular weight is 279 g/mol. The fourth-order valence-electron chi connectivity index (χ4n) is 2.41. The summed E-state index contributed by atoms with van der Waals surface area (Å²) < 4.78 is 2.09. The van der Waals surface area contributed by atoms with Gasteiger partial charge in [0, 0.05) is 6.42 Å². The number of phenolic OH excluding ortho intramolecular Hbond substituents is 1. The number of hydrogen-bond acceptors (Lipinski definition) is 3. The number of benzene rings is 2. The smallest absolute Gasteiger partial charge is 0.137 e. The molecule has 0 bridgehead atoms. The third kappa shape index (κ3) is 2.94. The number of aromatic nitrogens is 3. The van der Waals surface area contributed by atoms with Crippen molar-refractivity contribution >= 4 is 0 Å². The van der Waals surface area contributed by atoms with Gasteiger partial charge < -0.3 is 9.67 Å². The highest BCUT2D eigenvalue weighted by atomic mass is 16.3. The summed E-state index contributed by atoms with van der Waals surface area (Å²) in [6.07, 6.45) is 2.46. The number of rotatable bonds is 4. The largest absolute Gasteiger partial charge is 0.508 e. The Bertz CT molecular complexity index is 704. The van der Waals surface area contributed by atoms with Crippen LogP contribution in [0, 0.1) is 0 Å². The highest BCUT2D eigenvalue weighted by Crippen LogP contribution is 2.20. The second-order valence-electron chi connectivity index (χ2n) is 5.08. The van der Waals surface area contributed by atoms with E-state index >= 15 is 0 Å². The van der Waals surface area contributed by atoms with Crippen molar-refractivity contribution in [3.8, 4) is 5.75 Å². The van der Waals surface area contributed by atoms with E-state index in [0.29, 0.717) is 6.42 Å². The Morgan fingerprint density at radius 1 is 1.05 bits per heavy atom. The van der Waals surface area contributed by atoms with Crippen LogP contribution in [0.3, 0.4) is 0 Å². The first kappa shape index (κ1) is 13.4. The summed E-state index contributed by atoms with van der Waals surface area (Å²) in [4.78, 5) is 0. The predicted molar refractivity (Wildman–Crippen MR) is 81.2 cm³/mol. The van der Waals surface area contributed by atoms with E-state index in [1.807, 2.05) is 30.3 Å². The summed E-state index contributed by atoms with van der Waals surface area (Å²) in [5.74, 6) is 1.19. The molecule has 0 radical (unpaired) electrons. The van der Waals surface area contributed by atoms with Crippen LogP contribution in [-0.4, -0.2) is 19.9 Å². The summed E-state index contributed by atoms with van der Waals surface area (Å²) >= 11 is 0. The zero-order valence-corrected chi connectivity index (χ0v) is 11.8. The van der Waals surface area contributed by atoms with Gasteiger partial charge in [0.25, 0.3) is 0 Å². The van der Waals surface area contributed by atoms with Gasteiger partial charge in [0.05, 0.1) is 6.04 Å². The molecule has 106 valence electrons. The van der Waals surface area contributed by atoms with Crippen LogP contribution < -0.4 is 0 Å². The average Bonchev–Trinajstić information content (AvgIpc) is 2.98. The lowest BCUT2D eigenvalue weighted by Gasteiger charge is -2.15. The van der Waals surface area contributed by atoms with Crippen molar-refractivity contribution in [2.24, 2.45) is 0 Å². The SMILES string of the molecule is C[C@H](c1ccccc1)n1cnnc1Cc1ccc(O)cc1. The topological polar surface area (TPSA) is 50.9 Å². The van der Waals surface area contributed by atoms with Crippen LogP contribution in [0.4, 0.5) is 0 Å². The molecule has 1 atom stereocenters. The molecule has 0 unspecified atom stereocenters. The molecule has 0 fully saturated rings. The quantitative estimate of drug-likeness (QED) is 0.798. The fourth-order valence-corrected chi connectivity index (χ4v) is 2.41. The van der Waals surface area contributed by atoms with E-state index in [1.54, 1.807) is 18.5 Å². The highest BCUT2D eigenvalue weighted by Gasteiger charge is 2.13. The van der Waals surface area contributed by atoms with Crippen molar-refractivity contribution in [3.63, 3.8) is 0 Å². The van der Waals surface area contributed by atoms with Gasteiger partial charge in [-0.3, -0.25) is 0 Å². The number of hydrogen-bond donors (Lipinski definition) is 1. The molecule has 1 heterocycles. The molecule has 3 aromatic rings. The van der Waals surface area contributed by atoms with Gasteiger partial charge in [-0.2, -0.15) is 0 Å². The van der Waals surface area contributed by atoms with Crippen LogP contribution in [-0.2, 0) is 6.42 Å². The third-order valence-electron chi connectivity index (χ3n) is 3.65. The molecule has 1 aromatic heterocycles. The van der Waals surface area contributed by atoms with E-state index in [-0.39, 0.29) is 11.8 Å². The van der Waals surface area contributed by atoms with Crippen molar-refractivity contribution in [3.05, 3.63) is 77.9 Å². The summed E-state index contributed by atoms with van der Waals surface area (Å²) in [6.45, 7) is 2.14. The Kier molecular flexibility index (Phi) is 3.69. The molecule has 4 heteroatoms. The van der Waals surface area contributed by atoms with E-state index < -0.39 is 0 Å². The van der Waals surface area contributed by atoms with Crippen molar-refractivity contribution in [1.82, 2.24) is 14.8 Å². The molecule has 21 heavy (non-hydrogen) atoms. The van der Waals surface area contributed by atoms with E-state index in [2.05, 4.69) is 33.8 Å². The molecule has 3 rings (SSSR count). The zero-order chi connectivity index (χ0) is 14.7. The molecule has 2 aromatic carbocycles. The summed E-state index contributed by atoms with van der Waals surface area (Å²) in [6, 6.07) is 17.7. The fraction of sp³-hybridized carbons (Fsp3) is 0.176. The second-order valence-corrected chi connectivity index (χ2v) is 5.08. The van der Waals surface area contributed by atoms with Crippen LogP contribution in [0.2, 0.25) is 0 Å². The normalized spacial score (nSPS) is 12.2. The standard InChI is InChI=1S/C17H17N3O/c1-13(15-5-3-2-4-6-15)20-12-18-19-17(20)11-14-7-9-16(21)10-8-14/h2-10,12-13,21H,11H2,1H3/t13-/m1/s1. The van der Waals surface area contributed by atoms with Crippen LogP contribution >= 0.6 is 0 Å². The number of aromatic hydroxyl groups is 1. The minimum absolute atomic E-state index is 0.188. The van der Waals surface area contributed by atoms with Crippen molar-refractivity contribution in [1.29, 1.82) is 0 Å². The van der Waals surface area contributed by atoms with Crippen LogP contribution in [0.15, 0.2) is 60.9 Å². The van der Waals surface area contributed by atoms with Gasteiger partial charge in [-0.05, 0) is 30.2 Å². The number of nitrogens with zero attached hydrogens (tertiary/aromatic N) is 3. The minimum Gasteiger partial charge on any atom is -0.508 e. The maximum absolute atomic E-state index is 9.34.